The molecule has 0 aliphatic rings. The Labute approximate surface area is 82.4 Å². The number of nitrogens with two attached hydrogens (primary N) is 1. The van der Waals surface area contributed by atoms with Crippen molar-refractivity contribution in [1.29, 1.82) is 0 Å². The highest BCUT2D eigenvalue weighted by molar-refractivity contribution is 5.14. The van der Waals surface area contributed by atoms with Crippen molar-refractivity contribution in [1.82, 2.24) is 9.55 Å². The van der Waals surface area contributed by atoms with E-state index < -0.39 is 0 Å². The first kappa shape index (κ1) is 9.02. The SMILES string of the molecule is CCn1ccnc1C(N)c1ccco1. The summed E-state index contributed by atoms with van der Waals surface area (Å²) >= 11 is 0. The molecule has 0 saturated carbocycles. The molecule has 2 N–H and O–H groups in total. The number of hydrogen-bond donors (Lipinski definition) is 1. The van der Waals surface area contributed by atoms with Gasteiger partial charge in [0.15, 0.2) is 0 Å². The molecule has 14 heavy (non-hydrogen) atoms. The first-order valence-corrected chi connectivity index (χ1v) is 4.63. The topological polar surface area (TPSA) is 57.0 Å². The summed E-state index contributed by atoms with van der Waals surface area (Å²) in [6.45, 7) is 2.92. The minimum absolute atomic E-state index is 0.278. The Kier molecular flexibility index (Phi) is 2.37. The van der Waals surface area contributed by atoms with Gasteiger partial charge < -0.3 is 14.7 Å². The molecule has 74 valence electrons. The average Bonchev–Trinajstić information content (AvgIpc) is 2.87. The summed E-state index contributed by atoms with van der Waals surface area (Å²) in [5.41, 5.74) is 6.00. The van der Waals surface area contributed by atoms with E-state index >= 15 is 0 Å². The molecular weight excluding hydrogens is 178 g/mol. The number of nitrogens with zero attached hydrogens (tertiary/aromatic N) is 2. The minimum atomic E-state index is -0.278. The summed E-state index contributed by atoms with van der Waals surface area (Å²) in [6.07, 6.45) is 5.29. The summed E-state index contributed by atoms with van der Waals surface area (Å²) in [6, 6.07) is 3.41. The zero-order chi connectivity index (χ0) is 9.97. The molecular formula is C10H13N3O. The van der Waals surface area contributed by atoms with Crippen LogP contribution in [0.2, 0.25) is 0 Å². The fourth-order valence-electron chi connectivity index (χ4n) is 1.46. The molecule has 1 unspecified atom stereocenters. The first-order valence-electron chi connectivity index (χ1n) is 4.63. The van der Waals surface area contributed by atoms with Crippen LogP contribution in [-0.2, 0) is 6.54 Å². The van der Waals surface area contributed by atoms with Crippen molar-refractivity contribution in [3.8, 4) is 0 Å². The van der Waals surface area contributed by atoms with Gasteiger partial charge in [-0.1, -0.05) is 0 Å². The van der Waals surface area contributed by atoms with Crippen LogP contribution >= 0.6 is 0 Å². The summed E-state index contributed by atoms with van der Waals surface area (Å²) in [5.74, 6) is 1.58. The summed E-state index contributed by atoms with van der Waals surface area (Å²) in [4.78, 5) is 4.22. The molecule has 0 aliphatic carbocycles. The highest BCUT2D eigenvalue weighted by Crippen LogP contribution is 2.17. The second kappa shape index (κ2) is 3.67. The van der Waals surface area contributed by atoms with Crippen LogP contribution in [0.4, 0.5) is 0 Å². The van der Waals surface area contributed by atoms with Crippen molar-refractivity contribution in [2.75, 3.05) is 0 Å². The second-order valence-corrected chi connectivity index (χ2v) is 3.06. The lowest BCUT2D eigenvalue weighted by molar-refractivity contribution is 0.474. The van der Waals surface area contributed by atoms with Crippen LogP contribution in [-0.4, -0.2) is 9.55 Å². The average molecular weight is 191 g/mol. The third-order valence-corrected chi connectivity index (χ3v) is 2.22. The van der Waals surface area contributed by atoms with Gasteiger partial charge in [0.1, 0.15) is 17.6 Å². The maximum absolute atomic E-state index is 6.00. The summed E-state index contributed by atoms with van der Waals surface area (Å²) < 4.78 is 7.25. The van der Waals surface area contributed by atoms with Crippen LogP contribution in [0.5, 0.6) is 0 Å². The normalized spacial score (nSPS) is 13.0. The van der Waals surface area contributed by atoms with Gasteiger partial charge >= 0.3 is 0 Å². The molecule has 4 nitrogen and oxygen atoms in total. The molecule has 4 heteroatoms. The van der Waals surface area contributed by atoms with Crippen LogP contribution in [0.25, 0.3) is 0 Å². The standard InChI is InChI=1S/C10H13N3O/c1-2-13-6-5-12-10(13)9(11)8-4-3-7-14-8/h3-7,9H,2,11H2,1H3. The first-order chi connectivity index (χ1) is 6.83. The van der Waals surface area contributed by atoms with Crippen LogP contribution in [0.1, 0.15) is 24.6 Å². The van der Waals surface area contributed by atoms with Crippen molar-refractivity contribution in [3.63, 3.8) is 0 Å². The minimum Gasteiger partial charge on any atom is -0.467 e. The highest BCUT2D eigenvalue weighted by atomic mass is 16.3. The van der Waals surface area contributed by atoms with Gasteiger partial charge in [-0.05, 0) is 19.1 Å². The predicted octanol–water partition coefficient (Wildman–Crippen LogP) is 1.54. The Morgan fingerprint density at radius 2 is 2.50 bits per heavy atom. The number of aromatic nitrogens is 2. The fourth-order valence-corrected chi connectivity index (χ4v) is 1.46. The summed E-state index contributed by atoms with van der Waals surface area (Å²) in [5, 5.41) is 0. The number of rotatable bonds is 3. The van der Waals surface area contributed by atoms with Gasteiger partial charge in [0, 0.05) is 18.9 Å². The Morgan fingerprint density at radius 1 is 1.64 bits per heavy atom. The van der Waals surface area contributed by atoms with Gasteiger partial charge in [0.25, 0.3) is 0 Å². The van der Waals surface area contributed by atoms with Crippen molar-refractivity contribution in [2.24, 2.45) is 5.73 Å². The number of aryl methyl sites for hydroxylation is 1. The molecule has 0 amide bonds. The molecule has 0 bridgehead atoms. The second-order valence-electron chi connectivity index (χ2n) is 3.06. The highest BCUT2D eigenvalue weighted by Gasteiger charge is 2.15. The zero-order valence-electron chi connectivity index (χ0n) is 8.05. The molecule has 0 spiro atoms. The van der Waals surface area contributed by atoms with Crippen molar-refractivity contribution in [2.45, 2.75) is 19.5 Å². The lowest BCUT2D eigenvalue weighted by Gasteiger charge is -2.09. The molecule has 1 atom stereocenters. The molecule has 0 aliphatic heterocycles. The van der Waals surface area contributed by atoms with E-state index in [1.165, 1.54) is 0 Å². The third-order valence-electron chi connectivity index (χ3n) is 2.22. The van der Waals surface area contributed by atoms with Gasteiger partial charge in [0.2, 0.25) is 0 Å². The predicted molar refractivity (Wildman–Crippen MR) is 52.6 cm³/mol. The fraction of sp³-hybridized carbons (Fsp3) is 0.300. The van der Waals surface area contributed by atoms with E-state index in [-0.39, 0.29) is 6.04 Å². The van der Waals surface area contributed by atoms with E-state index in [1.54, 1.807) is 12.5 Å². The Bertz CT molecular complexity index is 391. The lowest BCUT2D eigenvalue weighted by atomic mass is 10.2. The largest absolute Gasteiger partial charge is 0.467 e. The molecule has 0 saturated heterocycles. The number of imidazole rings is 1. The van der Waals surface area contributed by atoms with E-state index in [9.17, 15) is 0 Å². The molecule has 0 fully saturated rings. The van der Waals surface area contributed by atoms with Crippen LogP contribution < -0.4 is 5.73 Å². The Balaban J connectivity index is 2.31. The number of hydrogen-bond acceptors (Lipinski definition) is 3. The van der Waals surface area contributed by atoms with E-state index in [1.807, 2.05) is 22.9 Å². The Hall–Kier alpha value is -1.55. The van der Waals surface area contributed by atoms with Gasteiger partial charge in [-0.15, -0.1) is 0 Å². The monoisotopic (exact) mass is 191 g/mol. The van der Waals surface area contributed by atoms with Gasteiger partial charge in [-0.3, -0.25) is 0 Å². The van der Waals surface area contributed by atoms with Crippen LogP contribution in [0.3, 0.4) is 0 Å². The quantitative estimate of drug-likeness (QED) is 0.800. The summed E-state index contributed by atoms with van der Waals surface area (Å²) in [7, 11) is 0. The maximum Gasteiger partial charge on any atom is 0.133 e. The molecule has 2 aromatic heterocycles. The van der Waals surface area contributed by atoms with E-state index in [0.717, 1.165) is 18.1 Å². The molecule has 2 rings (SSSR count). The molecule has 2 aromatic rings. The van der Waals surface area contributed by atoms with Gasteiger partial charge in [-0.25, -0.2) is 4.98 Å². The molecule has 0 aromatic carbocycles. The zero-order valence-corrected chi connectivity index (χ0v) is 8.05. The van der Waals surface area contributed by atoms with E-state index in [2.05, 4.69) is 11.9 Å². The van der Waals surface area contributed by atoms with E-state index in [4.69, 9.17) is 10.2 Å². The Morgan fingerprint density at radius 3 is 3.14 bits per heavy atom. The van der Waals surface area contributed by atoms with Crippen LogP contribution in [0, 0.1) is 0 Å². The third kappa shape index (κ3) is 1.44. The lowest BCUT2D eigenvalue weighted by Crippen LogP contribution is -2.16. The van der Waals surface area contributed by atoms with Crippen molar-refractivity contribution >= 4 is 0 Å². The molecule has 0 radical (unpaired) electrons. The van der Waals surface area contributed by atoms with Crippen LogP contribution in [0.15, 0.2) is 35.2 Å². The number of furan rings is 1. The van der Waals surface area contributed by atoms with Crippen molar-refractivity contribution < 1.29 is 4.42 Å². The van der Waals surface area contributed by atoms with Gasteiger partial charge in [-0.2, -0.15) is 0 Å². The van der Waals surface area contributed by atoms with Gasteiger partial charge in [0.05, 0.1) is 6.26 Å². The van der Waals surface area contributed by atoms with Crippen molar-refractivity contribution in [3.05, 3.63) is 42.4 Å². The maximum atomic E-state index is 6.00. The smallest absolute Gasteiger partial charge is 0.133 e. The molecule has 2 heterocycles. The van der Waals surface area contributed by atoms with E-state index in [0.29, 0.717) is 0 Å².